The summed E-state index contributed by atoms with van der Waals surface area (Å²) in [4.78, 5) is 0. The Balaban J connectivity index is 3.05. The smallest absolute Gasteiger partial charge is 0.211 e. The fourth-order valence-electron chi connectivity index (χ4n) is 1.85. The monoisotopic (exact) mass is 285 g/mol. The van der Waals surface area contributed by atoms with Crippen molar-refractivity contribution in [1.29, 1.82) is 0 Å². The van der Waals surface area contributed by atoms with Crippen molar-refractivity contribution >= 4 is 10.0 Å². The average Bonchev–Trinajstić information content (AvgIpc) is 2.36. The molecular formula is C14H23NO3S. The van der Waals surface area contributed by atoms with Crippen LogP contribution in [0, 0.1) is 6.92 Å². The number of sulfonamides is 1. The minimum Gasteiger partial charge on any atom is -0.496 e. The van der Waals surface area contributed by atoms with Crippen molar-refractivity contribution in [2.24, 2.45) is 0 Å². The lowest BCUT2D eigenvalue weighted by Gasteiger charge is -2.16. The maximum absolute atomic E-state index is 11.5. The maximum atomic E-state index is 11.5. The van der Waals surface area contributed by atoms with Crippen molar-refractivity contribution < 1.29 is 13.2 Å². The maximum Gasteiger partial charge on any atom is 0.211 e. The normalized spacial score (nSPS) is 11.9. The number of benzene rings is 1. The van der Waals surface area contributed by atoms with E-state index in [2.05, 4.69) is 18.6 Å². The van der Waals surface area contributed by atoms with Crippen molar-refractivity contribution in [3.63, 3.8) is 0 Å². The molecule has 0 fully saturated rings. The van der Waals surface area contributed by atoms with Crippen molar-refractivity contribution in [2.75, 3.05) is 12.9 Å². The SMILES string of the molecule is CCS(=O)(=O)NCc1cc(C(C)C)c(OC)cc1C. The second-order valence-electron chi connectivity index (χ2n) is 4.90. The summed E-state index contributed by atoms with van der Waals surface area (Å²) < 4.78 is 31.0. The van der Waals surface area contributed by atoms with E-state index in [1.54, 1.807) is 14.0 Å². The Morgan fingerprint density at radius 2 is 1.95 bits per heavy atom. The third-order valence-electron chi connectivity index (χ3n) is 3.17. The largest absolute Gasteiger partial charge is 0.496 e. The molecule has 1 N–H and O–H groups in total. The third kappa shape index (κ3) is 4.21. The fourth-order valence-corrected chi connectivity index (χ4v) is 2.43. The van der Waals surface area contributed by atoms with Gasteiger partial charge in [-0.1, -0.05) is 19.9 Å². The standard InChI is InChI=1S/C14H23NO3S/c1-6-19(16,17)15-9-12-8-13(10(2)3)14(18-5)7-11(12)4/h7-8,10,15H,6,9H2,1-5H3. The molecule has 19 heavy (non-hydrogen) atoms. The Bertz CT molecular complexity index is 536. The summed E-state index contributed by atoms with van der Waals surface area (Å²) in [5.74, 6) is 1.28. The number of ether oxygens (including phenoxy) is 1. The molecule has 1 aromatic carbocycles. The molecule has 0 aromatic heterocycles. The molecule has 0 saturated carbocycles. The zero-order valence-electron chi connectivity index (χ0n) is 12.3. The summed E-state index contributed by atoms with van der Waals surface area (Å²) in [6, 6.07) is 3.99. The first-order valence-corrected chi connectivity index (χ1v) is 8.10. The minimum absolute atomic E-state index is 0.0965. The molecule has 4 nitrogen and oxygen atoms in total. The molecular weight excluding hydrogens is 262 g/mol. The first-order valence-electron chi connectivity index (χ1n) is 6.45. The Morgan fingerprint density at radius 3 is 2.42 bits per heavy atom. The molecule has 0 saturated heterocycles. The minimum atomic E-state index is -3.16. The van der Waals surface area contributed by atoms with Crippen LogP contribution in [0.2, 0.25) is 0 Å². The Labute approximate surface area is 116 Å². The molecule has 0 aliphatic rings. The summed E-state index contributed by atoms with van der Waals surface area (Å²) in [7, 11) is -1.51. The highest BCUT2D eigenvalue weighted by atomic mass is 32.2. The zero-order chi connectivity index (χ0) is 14.6. The van der Waals surface area contributed by atoms with Gasteiger partial charge in [0.05, 0.1) is 12.9 Å². The van der Waals surface area contributed by atoms with Gasteiger partial charge in [0, 0.05) is 6.54 Å². The lowest BCUT2D eigenvalue weighted by atomic mass is 9.96. The van der Waals surface area contributed by atoms with Crippen molar-refractivity contribution in [3.05, 3.63) is 28.8 Å². The third-order valence-corrected chi connectivity index (χ3v) is 4.52. The average molecular weight is 285 g/mol. The number of aryl methyl sites for hydroxylation is 1. The summed E-state index contributed by atoms with van der Waals surface area (Å²) >= 11 is 0. The highest BCUT2D eigenvalue weighted by Crippen LogP contribution is 2.29. The number of methoxy groups -OCH3 is 1. The fraction of sp³-hybridized carbons (Fsp3) is 0.571. The molecule has 108 valence electrons. The number of rotatable bonds is 6. The number of hydrogen-bond donors (Lipinski definition) is 1. The lowest BCUT2D eigenvalue weighted by molar-refractivity contribution is 0.407. The van der Waals surface area contributed by atoms with Crippen LogP contribution < -0.4 is 9.46 Å². The quantitative estimate of drug-likeness (QED) is 0.874. The van der Waals surface area contributed by atoms with Gasteiger partial charge in [0.15, 0.2) is 0 Å². The first kappa shape index (κ1) is 16.0. The topological polar surface area (TPSA) is 55.4 Å². The molecule has 5 heteroatoms. The van der Waals surface area contributed by atoms with Crippen molar-refractivity contribution in [1.82, 2.24) is 4.72 Å². The van der Waals surface area contributed by atoms with E-state index in [-0.39, 0.29) is 5.75 Å². The second-order valence-corrected chi connectivity index (χ2v) is 7.00. The van der Waals surface area contributed by atoms with Crippen LogP contribution >= 0.6 is 0 Å². The van der Waals surface area contributed by atoms with Crippen LogP contribution in [0.4, 0.5) is 0 Å². The second kappa shape index (κ2) is 6.39. The highest BCUT2D eigenvalue weighted by molar-refractivity contribution is 7.89. The molecule has 1 aromatic rings. The van der Waals surface area contributed by atoms with Gasteiger partial charge < -0.3 is 4.74 Å². The first-order chi connectivity index (χ1) is 8.80. The molecule has 0 spiro atoms. The van der Waals surface area contributed by atoms with Crippen LogP contribution in [0.3, 0.4) is 0 Å². The van der Waals surface area contributed by atoms with E-state index < -0.39 is 10.0 Å². The molecule has 0 bridgehead atoms. The van der Waals surface area contributed by atoms with E-state index in [1.165, 1.54) is 0 Å². The predicted octanol–water partition coefficient (Wildman–Crippen LogP) is 2.57. The summed E-state index contributed by atoms with van der Waals surface area (Å²) in [5.41, 5.74) is 3.11. The molecule has 0 radical (unpaired) electrons. The summed E-state index contributed by atoms with van der Waals surface area (Å²) in [6.45, 7) is 8.09. The van der Waals surface area contributed by atoms with E-state index in [1.807, 2.05) is 19.1 Å². The van der Waals surface area contributed by atoms with E-state index in [4.69, 9.17) is 4.74 Å². The van der Waals surface area contributed by atoms with Gasteiger partial charge in [0.1, 0.15) is 5.75 Å². The lowest BCUT2D eigenvalue weighted by Crippen LogP contribution is -2.25. The molecule has 0 aliphatic heterocycles. The van der Waals surface area contributed by atoms with Crippen molar-refractivity contribution in [2.45, 2.75) is 40.2 Å². The molecule has 0 heterocycles. The van der Waals surface area contributed by atoms with E-state index in [0.717, 1.165) is 22.4 Å². The summed E-state index contributed by atoms with van der Waals surface area (Å²) in [5, 5.41) is 0. The molecule has 0 unspecified atom stereocenters. The molecule has 1 rings (SSSR count). The molecule has 0 aliphatic carbocycles. The van der Waals surface area contributed by atoms with E-state index in [0.29, 0.717) is 12.5 Å². The van der Waals surface area contributed by atoms with E-state index in [9.17, 15) is 8.42 Å². The Hall–Kier alpha value is -1.07. The van der Waals surface area contributed by atoms with E-state index >= 15 is 0 Å². The number of hydrogen-bond acceptors (Lipinski definition) is 3. The van der Waals surface area contributed by atoms with Crippen LogP contribution in [-0.4, -0.2) is 21.3 Å². The van der Waals surface area contributed by atoms with Crippen LogP contribution in [0.25, 0.3) is 0 Å². The van der Waals surface area contributed by atoms with Gasteiger partial charge in [-0.25, -0.2) is 13.1 Å². The Morgan fingerprint density at radius 1 is 1.32 bits per heavy atom. The summed E-state index contributed by atoms with van der Waals surface area (Å²) in [6.07, 6.45) is 0. The zero-order valence-corrected chi connectivity index (χ0v) is 13.1. The highest BCUT2D eigenvalue weighted by Gasteiger charge is 2.13. The predicted molar refractivity (Wildman–Crippen MR) is 78.1 cm³/mol. The van der Waals surface area contributed by atoms with Gasteiger partial charge in [0.2, 0.25) is 10.0 Å². The van der Waals surface area contributed by atoms with Gasteiger partial charge in [-0.05, 0) is 42.5 Å². The van der Waals surface area contributed by atoms with Crippen LogP contribution in [-0.2, 0) is 16.6 Å². The van der Waals surface area contributed by atoms with Gasteiger partial charge in [-0.3, -0.25) is 0 Å². The number of nitrogens with one attached hydrogen (secondary N) is 1. The molecule has 0 amide bonds. The van der Waals surface area contributed by atoms with Gasteiger partial charge in [0.25, 0.3) is 0 Å². The van der Waals surface area contributed by atoms with Crippen molar-refractivity contribution in [3.8, 4) is 5.75 Å². The van der Waals surface area contributed by atoms with Gasteiger partial charge >= 0.3 is 0 Å². The van der Waals surface area contributed by atoms with Crippen LogP contribution in [0.5, 0.6) is 5.75 Å². The van der Waals surface area contributed by atoms with Gasteiger partial charge in [-0.15, -0.1) is 0 Å². The van der Waals surface area contributed by atoms with Crippen LogP contribution in [0.1, 0.15) is 43.4 Å². The van der Waals surface area contributed by atoms with Crippen LogP contribution in [0.15, 0.2) is 12.1 Å². The Kier molecular flexibility index (Phi) is 5.38. The molecule has 0 atom stereocenters. The van der Waals surface area contributed by atoms with Gasteiger partial charge in [-0.2, -0.15) is 0 Å².